The molecule has 0 atom stereocenters. The summed E-state index contributed by atoms with van der Waals surface area (Å²) >= 11 is 0. The molecule has 0 radical (unpaired) electrons. The van der Waals surface area contributed by atoms with Crippen molar-refractivity contribution in [2.45, 2.75) is 43.9 Å². The first-order valence-corrected chi connectivity index (χ1v) is 9.40. The maximum atomic E-state index is 12.2. The van der Waals surface area contributed by atoms with E-state index >= 15 is 0 Å². The Labute approximate surface area is 171 Å². The molecule has 2 aromatic rings. The summed E-state index contributed by atoms with van der Waals surface area (Å²) in [6.07, 6.45) is 5.28. The van der Waals surface area contributed by atoms with E-state index in [4.69, 9.17) is 9.29 Å². The van der Waals surface area contributed by atoms with Crippen LogP contribution >= 0.6 is 0 Å². The van der Waals surface area contributed by atoms with Crippen LogP contribution in [0.5, 0.6) is 17.2 Å². The number of rotatable bonds is 8. The van der Waals surface area contributed by atoms with Crippen LogP contribution in [-0.2, 0) is 16.5 Å². The topological polar surface area (TPSA) is 86.7 Å². The van der Waals surface area contributed by atoms with Crippen molar-refractivity contribution in [3.8, 4) is 17.2 Å². The van der Waals surface area contributed by atoms with Gasteiger partial charge < -0.3 is 9.84 Å². The Morgan fingerprint density at radius 2 is 1.68 bits per heavy atom. The zero-order chi connectivity index (χ0) is 17.6. The first kappa shape index (κ1) is 22.0. The molecule has 130 valence electrons. The van der Waals surface area contributed by atoms with Gasteiger partial charge in [0.2, 0.25) is 0 Å². The van der Waals surface area contributed by atoms with Crippen LogP contribution in [-0.4, -0.2) is 13.0 Å². The third kappa shape index (κ3) is 6.31. The number of hydrogen-bond acceptors (Lipinski definition) is 4. The maximum absolute atomic E-state index is 12.2. The first-order chi connectivity index (χ1) is 11.4. The molecule has 0 unspecified atom stereocenters. The minimum Gasteiger partial charge on any atom is -0.869 e. The van der Waals surface area contributed by atoms with Gasteiger partial charge in [-0.15, -0.1) is 0 Å². The van der Waals surface area contributed by atoms with Gasteiger partial charge in [0.25, 0.3) is 10.1 Å². The van der Waals surface area contributed by atoms with Gasteiger partial charge in [-0.1, -0.05) is 50.5 Å². The second-order valence-electron chi connectivity index (χ2n) is 5.58. The average molecular weight is 372 g/mol. The van der Waals surface area contributed by atoms with Gasteiger partial charge in [0, 0.05) is 0 Å². The van der Waals surface area contributed by atoms with Crippen LogP contribution in [0, 0.1) is 0 Å². The fourth-order valence-corrected chi connectivity index (χ4v) is 3.04. The van der Waals surface area contributed by atoms with E-state index in [1.165, 1.54) is 18.6 Å². The molecule has 0 aliphatic carbocycles. The predicted octanol–water partition coefficient (Wildman–Crippen LogP) is 0.926. The molecule has 0 amide bonds. The van der Waals surface area contributed by atoms with Crippen molar-refractivity contribution in [1.82, 2.24) is 0 Å². The average Bonchev–Trinajstić information content (AvgIpc) is 2.54. The summed E-state index contributed by atoms with van der Waals surface area (Å²) in [4.78, 5) is -0.680. The quantitative estimate of drug-likeness (QED) is 0.423. The molecular formula is C18H21NaO5S. The van der Waals surface area contributed by atoms with E-state index < -0.39 is 20.8 Å². The molecule has 2 rings (SSSR count). The van der Waals surface area contributed by atoms with Crippen LogP contribution < -0.4 is 39.4 Å². The van der Waals surface area contributed by atoms with E-state index in [1.807, 2.05) is 12.1 Å². The summed E-state index contributed by atoms with van der Waals surface area (Å²) in [5.74, 6) is -0.439. The number of para-hydroxylation sites is 2. The van der Waals surface area contributed by atoms with Crippen LogP contribution in [0.1, 0.15) is 38.2 Å². The molecule has 7 heteroatoms. The molecule has 0 fully saturated rings. The van der Waals surface area contributed by atoms with E-state index in [0.29, 0.717) is 5.75 Å². The predicted molar refractivity (Wildman–Crippen MR) is 90.1 cm³/mol. The summed E-state index contributed by atoms with van der Waals surface area (Å²) < 4.78 is 37.2. The van der Waals surface area contributed by atoms with Crippen molar-refractivity contribution < 1.29 is 52.4 Å². The Hall–Kier alpha value is -1.05. The SMILES string of the molecule is CCCCCCc1ccccc1Oc1cccc(S(=O)(=O)O)c1[O-].[Na+]. The molecule has 1 N–H and O–H groups in total. The number of benzene rings is 2. The van der Waals surface area contributed by atoms with Crippen molar-refractivity contribution in [3.63, 3.8) is 0 Å². The van der Waals surface area contributed by atoms with E-state index in [-0.39, 0.29) is 35.3 Å². The van der Waals surface area contributed by atoms with Crippen LogP contribution in [0.25, 0.3) is 0 Å². The molecule has 25 heavy (non-hydrogen) atoms. The smallest absolute Gasteiger partial charge is 0.869 e. The van der Waals surface area contributed by atoms with Gasteiger partial charge in [-0.2, -0.15) is 8.42 Å². The largest absolute Gasteiger partial charge is 1.00 e. The van der Waals surface area contributed by atoms with Crippen LogP contribution in [0.4, 0.5) is 0 Å². The van der Waals surface area contributed by atoms with Gasteiger partial charge in [0.05, 0.1) is 4.90 Å². The molecule has 0 spiro atoms. The number of ether oxygens (including phenoxy) is 1. The Morgan fingerprint density at radius 3 is 2.36 bits per heavy atom. The molecule has 0 heterocycles. The van der Waals surface area contributed by atoms with E-state index in [2.05, 4.69) is 6.92 Å². The van der Waals surface area contributed by atoms with Gasteiger partial charge >= 0.3 is 29.6 Å². The number of unbranched alkanes of at least 4 members (excludes halogenated alkanes) is 3. The summed E-state index contributed by atoms with van der Waals surface area (Å²) in [5, 5.41) is 12.2. The maximum Gasteiger partial charge on any atom is 1.00 e. The van der Waals surface area contributed by atoms with E-state index in [0.717, 1.165) is 37.3 Å². The van der Waals surface area contributed by atoms with Gasteiger partial charge in [0.1, 0.15) is 11.5 Å². The summed E-state index contributed by atoms with van der Waals surface area (Å²) in [5.41, 5.74) is 0.963. The van der Waals surface area contributed by atoms with Crippen LogP contribution in [0.15, 0.2) is 47.4 Å². The minimum atomic E-state index is -4.57. The second kappa shape index (κ2) is 10.2. The summed E-state index contributed by atoms with van der Waals surface area (Å²) in [6.45, 7) is 2.15. The molecule has 0 aliphatic rings. The van der Waals surface area contributed by atoms with Gasteiger partial charge in [0.15, 0.2) is 0 Å². The molecule has 0 saturated carbocycles. The van der Waals surface area contributed by atoms with Crippen molar-refractivity contribution in [2.24, 2.45) is 0 Å². The van der Waals surface area contributed by atoms with Crippen LogP contribution in [0.3, 0.4) is 0 Å². The normalized spacial score (nSPS) is 11.0. The third-order valence-corrected chi connectivity index (χ3v) is 4.59. The zero-order valence-corrected chi connectivity index (χ0v) is 17.4. The van der Waals surface area contributed by atoms with Crippen LogP contribution in [0.2, 0.25) is 0 Å². The fraction of sp³-hybridized carbons (Fsp3) is 0.333. The molecule has 0 saturated heterocycles. The van der Waals surface area contributed by atoms with E-state index in [1.54, 1.807) is 12.1 Å². The zero-order valence-electron chi connectivity index (χ0n) is 14.6. The Morgan fingerprint density at radius 1 is 1.00 bits per heavy atom. The van der Waals surface area contributed by atoms with Crippen molar-refractivity contribution >= 4 is 10.1 Å². The monoisotopic (exact) mass is 372 g/mol. The third-order valence-electron chi connectivity index (χ3n) is 3.71. The van der Waals surface area contributed by atoms with E-state index in [9.17, 15) is 13.5 Å². The van der Waals surface area contributed by atoms with Crippen molar-refractivity contribution in [3.05, 3.63) is 48.0 Å². The molecular weight excluding hydrogens is 351 g/mol. The van der Waals surface area contributed by atoms with Gasteiger partial charge in [-0.25, -0.2) is 0 Å². The molecule has 0 aromatic heterocycles. The molecule has 2 aromatic carbocycles. The Bertz CT molecular complexity index is 790. The molecule has 0 aliphatic heterocycles. The molecule has 5 nitrogen and oxygen atoms in total. The minimum absolute atomic E-state index is 0. The number of aryl methyl sites for hydroxylation is 1. The molecule has 0 bridgehead atoms. The number of hydrogen-bond donors (Lipinski definition) is 1. The first-order valence-electron chi connectivity index (χ1n) is 7.96. The fourth-order valence-electron chi connectivity index (χ4n) is 2.45. The van der Waals surface area contributed by atoms with Gasteiger partial charge in [-0.05, 0) is 42.4 Å². The van der Waals surface area contributed by atoms with Crippen molar-refractivity contribution in [2.75, 3.05) is 0 Å². The Kier molecular flexibility index (Phi) is 8.96. The Balaban J connectivity index is 0.00000312. The summed E-state index contributed by atoms with van der Waals surface area (Å²) in [7, 11) is -4.57. The van der Waals surface area contributed by atoms with Gasteiger partial charge in [-0.3, -0.25) is 4.55 Å². The second-order valence-corrected chi connectivity index (χ2v) is 6.97. The van der Waals surface area contributed by atoms with Crippen molar-refractivity contribution in [1.29, 1.82) is 0 Å². The standard InChI is InChI=1S/C18H22O5S.Na/c1-2-3-4-5-9-14-10-6-7-11-15(14)23-16-12-8-13-17(18(16)19)24(20,21)22;/h6-8,10-13,19H,2-5,9H2,1H3,(H,20,21,22);/q;+1/p-1. The summed E-state index contributed by atoms with van der Waals surface area (Å²) in [6, 6.07) is 11.2.